The highest BCUT2D eigenvalue weighted by Gasteiger charge is 2.42. The van der Waals surface area contributed by atoms with E-state index >= 15 is 0 Å². The third kappa shape index (κ3) is 1.35. The van der Waals surface area contributed by atoms with Crippen LogP contribution in [0.2, 0.25) is 0 Å². The maximum atomic E-state index is 11.2. The van der Waals surface area contributed by atoms with Crippen molar-refractivity contribution in [2.75, 3.05) is 11.5 Å². The summed E-state index contributed by atoms with van der Waals surface area (Å²) in [5.74, 6) is 1.80. The number of thioether (sulfide) groups is 2. The Morgan fingerprint density at radius 2 is 1.58 bits per heavy atom. The molecule has 2 aliphatic heterocycles. The van der Waals surface area contributed by atoms with Crippen molar-refractivity contribution in [3.8, 4) is 0 Å². The fraction of sp³-hybridized carbons (Fsp3) is 0.714. The normalized spacial score (nSPS) is 35.7. The van der Waals surface area contributed by atoms with E-state index in [0.29, 0.717) is 0 Å². The van der Waals surface area contributed by atoms with E-state index in [2.05, 4.69) is 5.32 Å². The second-order valence-electron chi connectivity index (χ2n) is 2.79. The van der Waals surface area contributed by atoms with Gasteiger partial charge in [-0.05, 0) is 17.9 Å². The highest BCUT2D eigenvalue weighted by atomic mass is 32.2. The van der Waals surface area contributed by atoms with E-state index < -0.39 is 0 Å². The fourth-order valence-corrected chi connectivity index (χ4v) is 4.15. The number of nitrogens with one attached hydrogen (secondary N) is 1. The maximum Gasteiger partial charge on any atom is 0.241 e. The number of carbonyl (C=O) groups is 2. The van der Waals surface area contributed by atoms with Crippen LogP contribution < -0.4 is 5.32 Å². The number of hydrogen-bond acceptors (Lipinski definition) is 4. The van der Waals surface area contributed by atoms with Crippen LogP contribution in [0.15, 0.2) is 0 Å². The van der Waals surface area contributed by atoms with Crippen molar-refractivity contribution >= 4 is 35.3 Å². The molecule has 0 bridgehead atoms. The van der Waals surface area contributed by atoms with Gasteiger partial charge in [-0.25, -0.2) is 0 Å². The number of hydrogen-bond donors (Lipinski definition) is 1. The number of rotatable bonds is 0. The first-order chi connectivity index (χ1) is 5.79. The van der Waals surface area contributed by atoms with Crippen LogP contribution >= 0.6 is 23.5 Å². The van der Waals surface area contributed by atoms with Gasteiger partial charge < -0.3 is 0 Å². The van der Waals surface area contributed by atoms with E-state index in [9.17, 15) is 9.59 Å². The van der Waals surface area contributed by atoms with Crippen molar-refractivity contribution in [2.45, 2.75) is 16.9 Å². The highest BCUT2D eigenvalue weighted by Crippen LogP contribution is 2.33. The number of imide groups is 1. The van der Waals surface area contributed by atoms with Gasteiger partial charge in [0.2, 0.25) is 11.8 Å². The van der Waals surface area contributed by atoms with Gasteiger partial charge in [0.05, 0.1) is 0 Å². The number of carbonyl (C=O) groups excluding carboxylic acids is 2. The highest BCUT2D eigenvalue weighted by molar-refractivity contribution is 8.05. The van der Waals surface area contributed by atoms with Gasteiger partial charge in [-0.2, -0.15) is 0 Å². The van der Waals surface area contributed by atoms with Crippen molar-refractivity contribution in [3.63, 3.8) is 0 Å². The Kier molecular flexibility index (Phi) is 2.32. The molecule has 3 nitrogen and oxygen atoms in total. The summed E-state index contributed by atoms with van der Waals surface area (Å²) in [6.07, 6.45) is 1.10. The van der Waals surface area contributed by atoms with Crippen LogP contribution in [-0.2, 0) is 9.59 Å². The predicted molar refractivity (Wildman–Crippen MR) is 50.3 cm³/mol. The molecule has 2 atom stereocenters. The molecule has 1 N–H and O–H groups in total. The molecule has 0 unspecified atom stereocenters. The van der Waals surface area contributed by atoms with Gasteiger partial charge >= 0.3 is 0 Å². The van der Waals surface area contributed by atoms with Crippen LogP contribution in [0.1, 0.15) is 6.42 Å². The van der Waals surface area contributed by atoms with E-state index in [1.165, 1.54) is 0 Å². The van der Waals surface area contributed by atoms with Gasteiger partial charge in [-0.1, -0.05) is 0 Å². The van der Waals surface area contributed by atoms with Crippen LogP contribution in [-0.4, -0.2) is 33.8 Å². The molecule has 0 radical (unpaired) electrons. The zero-order valence-electron chi connectivity index (χ0n) is 6.41. The average Bonchev–Trinajstić information content (AvgIpc) is 2.29. The molecule has 12 heavy (non-hydrogen) atoms. The Labute approximate surface area is 79.0 Å². The lowest BCUT2D eigenvalue weighted by Crippen LogP contribution is -2.23. The van der Waals surface area contributed by atoms with Crippen molar-refractivity contribution in [2.24, 2.45) is 0 Å². The van der Waals surface area contributed by atoms with E-state index in [1.54, 1.807) is 23.5 Å². The first-order valence-corrected chi connectivity index (χ1v) is 5.97. The molecule has 0 spiro atoms. The molecular formula is C7H9NO2S2. The molecular weight excluding hydrogens is 194 g/mol. The first kappa shape index (κ1) is 8.44. The van der Waals surface area contributed by atoms with Gasteiger partial charge in [0.25, 0.3) is 0 Å². The Morgan fingerprint density at radius 3 is 2.08 bits per heavy atom. The van der Waals surface area contributed by atoms with E-state index in [0.717, 1.165) is 17.9 Å². The Balaban J connectivity index is 2.17. The summed E-state index contributed by atoms with van der Waals surface area (Å²) >= 11 is 3.23. The summed E-state index contributed by atoms with van der Waals surface area (Å²) < 4.78 is 0. The van der Waals surface area contributed by atoms with Gasteiger partial charge in [0.1, 0.15) is 10.5 Å². The number of amides is 2. The summed E-state index contributed by atoms with van der Waals surface area (Å²) in [6.45, 7) is 0. The first-order valence-electron chi connectivity index (χ1n) is 3.87. The summed E-state index contributed by atoms with van der Waals surface area (Å²) in [5, 5.41) is 2.13. The van der Waals surface area contributed by atoms with Crippen LogP contribution in [0.4, 0.5) is 0 Å². The van der Waals surface area contributed by atoms with Crippen LogP contribution in [0.25, 0.3) is 0 Å². The minimum Gasteiger partial charge on any atom is -0.294 e. The maximum absolute atomic E-state index is 11.2. The molecule has 5 heteroatoms. The molecule has 2 amide bonds. The molecule has 0 saturated carbocycles. The quantitative estimate of drug-likeness (QED) is 0.573. The lowest BCUT2D eigenvalue weighted by molar-refractivity contribution is -0.124. The summed E-state index contributed by atoms with van der Waals surface area (Å²) in [7, 11) is 0. The van der Waals surface area contributed by atoms with Gasteiger partial charge in [-0.15, -0.1) is 23.5 Å². The van der Waals surface area contributed by atoms with Crippen LogP contribution in [0.3, 0.4) is 0 Å². The number of fused-ring (bicyclic) bond motifs is 1. The Hall–Kier alpha value is -0.160. The Bertz CT molecular complexity index is 209. The summed E-state index contributed by atoms with van der Waals surface area (Å²) in [6, 6.07) is 0. The van der Waals surface area contributed by atoms with Gasteiger partial charge in [0.15, 0.2) is 0 Å². The van der Waals surface area contributed by atoms with Crippen molar-refractivity contribution in [1.29, 1.82) is 0 Å². The van der Waals surface area contributed by atoms with Crippen molar-refractivity contribution < 1.29 is 9.59 Å². The van der Waals surface area contributed by atoms with E-state index in [-0.39, 0.29) is 22.3 Å². The predicted octanol–water partition coefficient (Wildman–Crippen LogP) is 0.250. The fourth-order valence-electron chi connectivity index (χ4n) is 1.34. The smallest absolute Gasteiger partial charge is 0.241 e. The molecule has 2 saturated heterocycles. The zero-order chi connectivity index (χ0) is 8.55. The van der Waals surface area contributed by atoms with Gasteiger partial charge in [0, 0.05) is 0 Å². The van der Waals surface area contributed by atoms with Crippen LogP contribution in [0, 0.1) is 0 Å². The standard InChI is InChI=1S/C7H9NO2S2/c9-6-4-5(7(10)8-6)12-3-1-2-11-4/h4-5H,1-3H2,(H,8,9,10)/t4-,5+. The average molecular weight is 203 g/mol. The van der Waals surface area contributed by atoms with E-state index in [4.69, 9.17) is 0 Å². The molecule has 66 valence electrons. The minimum absolute atomic E-state index is 0.0931. The molecule has 0 aromatic heterocycles. The zero-order valence-corrected chi connectivity index (χ0v) is 8.04. The summed E-state index contributed by atoms with van der Waals surface area (Å²) in [4.78, 5) is 22.4. The lowest BCUT2D eigenvalue weighted by atomic mass is 10.3. The lowest BCUT2D eigenvalue weighted by Gasteiger charge is -2.08. The largest absolute Gasteiger partial charge is 0.294 e. The van der Waals surface area contributed by atoms with E-state index in [1.807, 2.05) is 0 Å². The molecule has 2 fully saturated rings. The molecule has 2 heterocycles. The second kappa shape index (κ2) is 3.30. The topological polar surface area (TPSA) is 46.2 Å². The molecule has 2 aliphatic rings. The Morgan fingerprint density at radius 1 is 1.08 bits per heavy atom. The molecule has 2 rings (SSSR count). The molecule has 0 aromatic carbocycles. The van der Waals surface area contributed by atoms with Crippen molar-refractivity contribution in [3.05, 3.63) is 0 Å². The van der Waals surface area contributed by atoms with Crippen molar-refractivity contribution in [1.82, 2.24) is 5.32 Å². The third-order valence-electron chi connectivity index (χ3n) is 1.92. The minimum atomic E-state index is -0.120. The molecule has 0 aliphatic carbocycles. The van der Waals surface area contributed by atoms with Crippen LogP contribution in [0.5, 0.6) is 0 Å². The SMILES string of the molecule is O=C1NC(=O)[C@@H]2SCCCS[C@H]12. The summed E-state index contributed by atoms with van der Waals surface area (Å²) in [5.41, 5.74) is 0. The second-order valence-corrected chi connectivity index (χ2v) is 5.29. The third-order valence-corrected chi connectivity index (χ3v) is 4.83. The molecule has 0 aromatic rings. The van der Waals surface area contributed by atoms with Gasteiger partial charge in [-0.3, -0.25) is 14.9 Å². The monoisotopic (exact) mass is 203 g/mol.